The molecule has 18 heavy (non-hydrogen) atoms. The molecule has 1 aliphatic rings. The van der Waals surface area contributed by atoms with Gasteiger partial charge in [0.25, 0.3) is 0 Å². The van der Waals surface area contributed by atoms with E-state index >= 15 is 0 Å². The second-order valence-corrected chi connectivity index (χ2v) is 6.71. The van der Waals surface area contributed by atoms with Crippen LogP contribution in [0.15, 0.2) is 28.7 Å². The first kappa shape index (κ1) is 14.0. The average molecular weight is 311 g/mol. The summed E-state index contributed by atoms with van der Waals surface area (Å²) in [5, 5.41) is 3.52. The Balaban J connectivity index is 1.92. The van der Waals surface area contributed by atoms with Gasteiger partial charge in [-0.25, -0.2) is 0 Å². The van der Waals surface area contributed by atoms with E-state index in [0.717, 1.165) is 19.6 Å². The Bertz CT molecular complexity index is 386. The number of nitrogens with one attached hydrogen (secondary N) is 1. The summed E-state index contributed by atoms with van der Waals surface area (Å²) in [6, 6.07) is 8.49. The van der Waals surface area contributed by atoms with Crippen LogP contribution in [0.1, 0.15) is 25.3 Å². The lowest BCUT2D eigenvalue weighted by molar-refractivity contribution is 0.148. The number of benzene rings is 1. The predicted octanol–water partition coefficient (Wildman–Crippen LogP) is 3.27. The minimum Gasteiger partial charge on any atom is -0.316 e. The van der Waals surface area contributed by atoms with Crippen molar-refractivity contribution in [2.24, 2.45) is 5.41 Å². The monoisotopic (exact) mass is 310 g/mol. The SMILES string of the molecule is CN(Cc1ccccc1Br)CC1(C)CCCNC1. The minimum atomic E-state index is 0.425. The lowest BCUT2D eigenvalue weighted by atomic mass is 9.82. The average Bonchev–Trinajstić information content (AvgIpc) is 2.32. The standard InChI is InChI=1S/C15H23BrN2/c1-15(8-5-9-17-11-15)12-18(2)10-13-6-3-4-7-14(13)16/h3-4,6-7,17H,5,8-12H2,1-2H3. The summed E-state index contributed by atoms with van der Waals surface area (Å²) in [5.41, 5.74) is 1.79. The Hall–Kier alpha value is -0.380. The molecule has 3 heteroatoms. The van der Waals surface area contributed by atoms with Gasteiger partial charge >= 0.3 is 0 Å². The Labute approximate surface area is 119 Å². The molecule has 0 aromatic heterocycles. The van der Waals surface area contributed by atoms with Gasteiger partial charge in [0.1, 0.15) is 0 Å². The molecule has 0 amide bonds. The fourth-order valence-electron chi connectivity index (χ4n) is 2.88. The van der Waals surface area contributed by atoms with Gasteiger partial charge in [-0.2, -0.15) is 0 Å². The first-order chi connectivity index (χ1) is 8.59. The number of rotatable bonds is 4. The zero-order chi connectivity index (χ0) is 13.0. The van der Waals surface area contributed by atoms with Crippen LogP contribution in [-0.2, 0) is 6.54 Å². The maximum Gasteiger partial charge on any atom is 0.0242 e. The van der Waals surface area contributed by atoms with E-state index in [9.17, 15) is 0 Å². The molecule has 1 aromatic rings. The molecule has 2 rings (SSSR count). The van der Waals surface area contributed by atoms with Crippen molar-refractivity contribution >= 4 is 15.9 Å². The molecular formula is C15H23BrN2. The summed E-state index contributed by atoms with van der Waals surface area (Å²) >= 11 is 3.62. The predicted molar refractivity (Wildman–Crippen MR) is 80.7 cm³/mol. The molecule has 1 N–H and O–H groups in total. The third kappa shape index (κ3) is 3.81. The second kappa shape index (κ2) is 6.18. The molecule has 1 unspecified atom stereocenters. The molecule has 1 atom stereocenters. The van der Waals surface area contributed by atoms with Crippen molar-refractivity contribution in [3.05, 3.63) is 34.3 Å². The Morgan fingerprint density at radius 3 is 2.83 bits per heavy atom. The normalized spacial score (nSPS) is 24.4. The molecule has 0 aliphatic carbocycles. The van der Waals surface area contributed by atoms with Crippen LogP contribution in [0.3, 0.4) is 0 Å². The molecule has 1 fully saturated rings. The topological polar surface area (TPSA) is 15.3 Å². The third-order valence-corrected chi connectivity index (χ3v) is 4.51. The number of hydrogen-bond donors (Lipinski definition) is 1. The fourth-order valence-corrected chi connectivity index (χ4v) is 3.29. The van der Waals surface area contributed by atoms with E-state index in [1.807, 2.05) is 0 Å². The molecule has 1 heterocycles. The lowest BCUT2D eigenvalue weighted by Crippen LogP contribution is -2.44. The molecule has 0 radical (unpaired) electrons. The Morgan fingerprint density at radius 2 is 2.17 bits per heavy atom. The van der Waals surface area contributed by atoms with Crippen LogP contribution in [0.2, 0.25) is 0 Å². The molecule has 1 aromatic carbocycles. The van der Waals surface area contributed by atoms with Crippen molar-refractivity contribution in [3.8, 4) is 0 Å². The molecule has 2 nitrogen and oxygen atoms in total. The van der Waals surface area contributed by atoms with Gasteiger partial charge in [-0.3, -0.25) is 0 Å². The van der Waals surface area contributed by atoms with Crippen molar-refractivity contribution in [3.63, 3.8) is 0 Å². The van der Waals surface area contributed by atoms with E-state index in [4.69, 9.17) is 0 Å². The molecule has 100 valence electrons. The first-order valence-electron chi connectivity index (χ1n) is 6.72. The van der Waals surface area contributed by atoms with Crippen molar-refractivity contribution in [1.82, 2.24) is 10.2 Å². The summed E-state index contributed by atoms with van der Waals surface area (Å²) in [6.07, 6.45) is 2.64. The number of nitrogens with zero attached hydrogens (tertiary/aromatic N) is 1. The van der Waals surface area contributed by atoms with Gasteiger partial charge in [0.2, 0.25) is 0 Å². The van der Waals surface area contributed by atoms with E-state index in [1.54, 1.807) is 0 Å². The van der Waals surface area contributed by atoms with Crippen LogP contribution in [0.5, 0.6) is 0 Å². The van der Waals surface area contributed by atoms with Gasteiger partial charge in [-0.05, 0) is 43.5 Å². The van der Waals surface area contributed by atoms with Gasteiger partial charge in [-0.1, -0.05) is 41.1 Å². The highest BCUT2D eigenvalue weighted by Crippen LogP contribution is 2.27. The largest absolute Gasteiger partial charge is 0.316 e. The van der Waals surface area contributed by atoms with Crippen molar-refractivity contribution < 1.29 is 0 Å². The van der Waals surface area contributed by atoms with Gasteiger partial charge in [0.05, 0.1) is 0 Å². The lowest BCUT2D eigenvalue weighted by Gasteiger charge is -2.37. The van der Waals surface area contributed by atoms with E-state index < -0.39 is 0 Å². The molecule has 0 saturated carbocycles. The highest BCUT2D eigenvalue weighted by molar-refractivity contribution is 9.10. The van der Waals surface area contributed by atoms with E-state index in [-0.39, 0.29) is 0 Å². The number of halogens is 1. The van der Waals surface area contributed by atoms with Gasteiger partial charge in [-0.15, -0.1) is 0 Å². The van der Waals surface area contributed by atoms with E-state index in [1.165, 1.54) is 29.4 Å². The van der Waals surface area contributed by atoms with Crippen LogP contribution in [0.4, 0.5) is 0 Å². The van der Waals surface area contributed by atoms with Crippen molar-refractivity contribution in [2.75, 3.05) is 26.7 Å². The van der Waals surface area contributed by atoms with Crippen LogP contribution in [-0.4, -0.2) is 31.6 Å². The fraction of sp³-hybridized carbons (Fsp3) is 0.600. The maximum atomic E-state index is 3.62. The van der Waals surface area contributed by atoms with Crippen LogP contribution >= 0.6 is 15.9 Å². The zero-order valence-electron chi connectivity index (χ0n) is 11.4. The highest BCUT2D eigenvalue weighted by Gasteiger charge is 2.27. The molecule has 0 spiro atoms. The molecule has 0 bridgehead atoms. The number of hydrogen-bond acceptors (Lipinski definition) is 2. The van der Waals surface area contributed by atoms with Crippen LogP contribution < -0.4 is 5.32 Å². The van der Waals surface area contributed by atoms with Gasteiger partial charge < -0.3 is 10.2 Å². The Kier molecular flexibility index (Phi) is 4.82. The first-order valence-corrected chi connectivity index (χ1v) is 7.51. The molecule has 1 aliphatic heterocycles. The van der Waals surface area contributed by atoms with Gasteiger partial charge in [0, 0.05) is 24.1 Å². The van der Waals surface area contributed by atoms with Crippen LogP contribution in [0, 0.1) is 5.41 Å². The molecule has 1 saturated heterocycles. The summed E-state index contributed by atoms with van der Waals surface area (Å²) < 4.78 is 1.21. The van der Waals surface area contributed by atoms with Crippen molar-refractivity contribution in [1.29, 1.82) is 0 Å². The van der Waals surface area contributed by atoms with E-state index in [0.29, 0.717) is 5.41 Å². The quantitative estimate of drug-likeness (QED) is 0.918. The van der Waals surface area contributed by atoms with E-state index in [2.05, 4.69) is 64.4 Å². The highest BCUT2D eigenvalue weighted by atomic mass is 79.9. The summed E-state index contributed by atoms with van der Waals surface area (Å²) in [6.45, 7) is 6.89. The summed E-state index contributed by atoms with van der Waals surface area (Å²) in [4.78, 5) is 2.44. The van der Waals surface area contributed by atoms with Crippen LogP contribution in [0.25, 0.3) is 0 Å². The summed E-state index contributed by atoms with van der Waals surface area (Å²) in [5.74, 6) is 0. The third-order valence-electron chi connectivity index (χ3n) is 3.74. The molecular weight excluding hydrogens is 288 g/mol. The zero-order valence-corrected chi connectivity index (χ0v) is 13.0. The number of piperidine rings is 1. The smallest absolute Gasteiger partial charge is 0.0242 e. The minimum absolute atomic E-state index is 0.425. The maximum absolute atomic E-state index is 3.62. The Morgan fingerprint density at radius 1 is 1.39 bits per heavy atom. The van der Waals surface area contributed by atoms with Gasteiger partial charge in [0.15, 0.2) is 0 Å². The second-order valence-electron chi connectivity index (χ2n) is 5.85. The summed E-state index contributed by atoms with van der Waals surface area (Å²) in [7, 11) is 2.22. The van der Waals surface area contributed by atoms with Crippen molar-refractivity contribution in [2.45, 2.75) is 26.3 Å².